The molecule has 1 aromatic heterocycles. The second kappa shape index (κ2) is 7.22. The lowest BCUT2D eigenvalue weighted by Crippen LogP contribution is -2.50. The van der Waals surface area contributed by atoms with E-state index in [1.807, 2.05) is 19.0 Å². The molecule has 1 aliphatic rings. The normalized spacial score (nSPS) is 16.5. The monoisotopic (exact) mass is 382 g/mol. The molecule has 2 aromatic rings. The second-order valence-electron chi connectivity index (χ2n) is 6.51. The lowest BCUT2D eigenvalue weighted by Gasteiger charge is -2.34. The zero-order valence-electron chi connectivity index (χ0n) is 14.8. The number of nitrogens with one attached hydrogen (secondary N) is 1. The van der Waals surface area contributed by atoms with Gasteiger partial charge in [0.25, 0.3) is 0 Å². The molecule has 9 nitrogen and oxygen atoms in total. The van der Waals surface area contributed by atoms with E-state index in [-0.39, 0.29) is 29.5 Å². The molecule has 1 saturated heterocycles. The Morgan fingerprint density at radius 3 is 2.58 bits per heavy atom. The van der Waals surface area contributed by atoms with Crippen LogP contribution < -0.4 is 5.76 Å². The largest absolute Gasteiger partial charge is 0.417 e. The van der Waals surface area contributed by atoms with Crippen LogP contribution in [-0.2, 0) is 14.8 Å². The summed E-state index contributed by atoms with van der Waals surface area (Å²) in [4.78, 5) is 29.6. The molecule has 0 unspecified atom stereocenters. The number of hydrogen-bond donors (Lipinski definition) is 1. The van der Waals surface area contributed by atoms with E-state index in [1.54, 1.807) is 4.90 Å². The summed E-state index contributed by atoms with van der Waals surface area (Å²) in [5.74, 6) is -0.592. The van der Waals surface area contributed by atoms with Gasteiger partial charge in [0, 0.05) is 45.2 Å². The minimum Gasteiger partial charge on any atom is -0.408 e. The van der Waals surface area contributed by atoms with Gasteiger partial charge in [0.15, 0.2) is 5.58 Å². The smallest absolute Gasteiger partial charge is 0.408 e. The average molecular weight is 382 g/mol. The summed E-state index contributed by atoms with van der Waals surface area (Å²) in [6.45, 7) is 1.88. The number of benzene rings is 1. The maximum absolute atomic E-state index is 12.8. The molecule has 10 heteroatoms. The summed E-state index contributed by atoms with van der Waals surface area (Å²) in [6.07, 6.45) is 0.420. The van der Waals surface area contributed by atoms with Crippen molar-refractivity contribution in [3.8, 4) is 0 Å². The van der Waals surface area contributed by atoms with Gasteiger partial charge in [-0.2, -0.15) is 4.31 Å². The number of sulfonamides is 1. The number of piperazine rings is 1. The van der Waals surface area contributed by atoms with Crippen LogP contribution in [0.15, 0.2) is 32.3 Å². The van der Waals surface area contributed by atoms with E-state index in [1.165, 1.54) is 22.5 Å². The summed E-state index contributed by atoms with van der Waals surface area (Å²) < 4.78 is 31.9. The van der Waals surface area contributed by atoms with Crippen LogP contribution in [0.3, 0.4) is 0 Å². The molecule has 1 fully saturated rings. The van der Waals surface area contributed by atoms with E-state index in [9.17, 15) is 18.0 Å². The number of amides is 1. The molecule has 1 aliphatic heterocycles. The standard InChI is InChI=1S/C16H22N4O5S/c1-18(2)6-5-15(21)19-7-9-20(10-8-19)26(23,24)12-3-4-13-14(11-12)25-16(22)17-13/h3-4,11H,5-10H2,1-2H3,(H,17,22). The van der Waals surface area contributed by atoms with Gasteiger partial charge in [-0.1, -0.05) is 0 Å². The Hall–Kier alpha value is -2.17. The first kappa shape index (κ1) is 18.6. The van der Waals surface area contributed by atoms with Gasteiger partial charge in [0.05, 0.1) is 10.4 Å². The highest BCUT2D eigenvalue weighted by molar-refractivity contribution is 7.89. The van der Waals surface area contributed by atoms with Gasteiger partial charge in [-0.15, -0.1) is 0 Å². The average Bonchev–Trinajstić information content (AvgIpc) is 2.98. The van der Waals surface area contributed by atoms with E-state index < -0.39 is 15.8 Å². The molecular formula is C16H22N4O5S. The number of carbonyl (C=O) groups is 1. The van der Waals surface area contributed by atoms with Gasteiger partial charge in [-0.25, -0.2) is 13.2 Å². The molecule has 2 heterocycles. The van der Waals surface area contributed by atoms with Crippen molar-refractivity contribution in [1.29, 1.82) is 0 Å². The minimum atomic E-state index is -3.71. The molecule has 3 rings (SSSR count). The quantitative estimate of drug-likeness (QED) is 0.774. The Kier molecular flexibility index (Phi) is 5.17. The number of rotatable bonds is 5. The van der Waals surface area contributed by atoms with Crippen molar-refractivity contribution < 1.29 is 17.6 Å². The predicted molar refractivity (Wildman–Crippen MR) is 95.3 cm³/mol. The van der Waals surface area contributed by atoms with Crippen LogP contribution in [0.5, 0.6) is 0 Å². The Bertz CT molecular complexity index is 954. The highest BCUT2D eigenvalue weighted by Crippen LogP contribution is 2.21. The molecular weight excluding hydrogens is 360 g/mol. The van der Waals surface area contributed by atoms with Crippen molar-refractivity contribution in [3.63, 3.8) is 0 Å². The minimum absolute atomic E-state index is 0.0336. The number of oxazole rings is 1. The molecule has 1 aromatic carbocycles. The predicted octanol–water partition coefficient (Wildman–Crippen LogP) is -0.0943. The van der Waals surface area contributed by atoms with E-state index in [2.05, 4.69) is 4.98 Å². The molecule has 26 heavy (non-hydrogen) atoms. The third-order valence-electron chi connectivity index (χ3n) is 4.39. The summed E-state index contributed by atoms with van der Waals surface area (Å²) in [6, 6.07) is 4.29. The molecule has 0 saturated carbocycles. The highest BCUT2D eigenvalue weighted by atomic mass is 32.2. The number of fused-ring (bicyclic) bond motifs is 1. The fourth-order valence-electron chi connectivity index (χ4n) is 2.89. The second-order valence-corrected chi connectivity index (χ2v) is 8.45. The topological polar surface area (TPSA) is 107 Å². The van der Waals surface area contributed by atoms with Crippen LogP contribution in [0, 0.1) is 0 Å². The zero-order valence-corrected chi connectivity index (χ0v) is 15.6. The van der Waals surface area contributed by atoms with E-state index >= 15 is 0 Å². The molecule has 0 radical (unpaired) electrons. The Morgan fingerprint density at radius 2 is 1.92 bits per heavy atom. The summed E-state index contributed by atoms with van der Waals surface area (Å²) in [5.41, 5.74) is 0.652. The molecule has 0 spiro atoms. The van der Waals surface area contributed by atoms with Crippen LogP contribution in [0.1, 0.15) is 6.42 Å². The van der Waals surface area contributed by atoms with Crippen LogP contribution in [0.4, 0.5) is 0 Å². The van der Waals surface area contributed by atoms with Gasteiger partial charge >= 0.3 is 5.76 Å². The Labute approximate surface area is 151 Å². The van der Waals surface area contributed by atoms with E-state index in [0.717, 1.165) is 0 Å². The van der Waals surface area contributed by atoms with Crippen LogP contribution in [0.2, 0.25) is 0 Å². The van der Waals surface area contributed by atoms with Crippen LogP contribution in [-0.4, -0.2) is 80.2 Å². The molecule has 0 atom stereocenters. The molecule has 1 amide bonds. The third-order valence-corrected chi connectivity index (χ3v) is 6.29. The van der Waals surface area contributed by atoms with E-state index in [0.29, 0.717) is 31.6 Å². The first-order valence-corrected chi connectivity index (χ1v) is 9.77. The number of carbonyl (C=O) groups excluding carboxylic acids is 1. The Morgan fingerprint density at radius 1 is 1.23 bits per heavy atom. The van der Waals surface area contributed by atoms with Gasteiger partial charge in [-0.3, -0.25) is 9.78 Å². The molecule has 1 N–H and O–H groups in total. The first-order valence-electron chi connectivity index (χ1n) is 8.33. The highest BCUT2D eigenvalue weighted by Gasteiger charge is 2.30. The fourth-order valence-corrected chi connectivity index (χ4v) is 4.33. The van der Waals surface area contributed by atoms with Crippen molar-refractivity contribution >= 4 is 27.0 Å². The lowest BCUT2D eigenvalue weighted by molar-refractivity contribution is -0.132. The van der Waals surface area contributed by atoms with Crippen molar-refractivity contribution in [3.05, 3.63) is 28.7 Å². The maximum atomic E-state index is 12.8. The fraction of sp³-hybridized carbons (Fsp3) is 0.500. The van der Waals surface area contributed by atoms with Gasteiger partial charge in [0.2, 0.25) is 15.9 Å². The SMILES string of the molecule is CN(C)CCC(=O)N1CCN(S(=O)(=O)c2ccc3[nH]c(=O)oc3c2)CC1. The van der Waals surface area contributed by atoms with Crippen molar-refractivity contribution in [2.24, 2.45) is 0 Å². The first-order chi connectivity index (χ1) is 12.3. The molecule has 142 valence electrons. The van der Waals surface area contributed by atoms with E-state index in [4.69, 9.17) is 4.42 Å². The van der Waals surface area contributed by atoms with Gasteiger partial charge < -0.3 is 14.2 Å². The summed E-state index contributed by atoms with van der Waals surface area (Å²) in [5, 5.41) is 0. The lowest BCUT2D eigenvalue weighted by atomic mass is 10.3. The number of aromatic amines is 1. The summed E-state index contributed by atoms with van der Waals surface area (Å²) in [7, 11) is 0.100. The number of H-pyrrole nitrogens is 1. The van der Waals surface area contributed by atoms with Crippen molar-refractivity contribution in [2.45, 2.75) is 11.3 Å². The number of hydrogen-bond acceptors (Lipinski definition) is 6. The maximum Gasteiger partial charge on any atom is 0.417 e. The molecule has 0 aliphatic carbocycles. The molecule has 0 bridgehead atoms. The zero-order chi connectivity index (χ0) is 18.9. The van der Waals surface area contributed by atoms with Crippen LogP contribution in [0.25, 0.3) is 11.1 Å². The summed E-state index contributed by atoms with van der Waals surface area (Å²) >= 11 is 0. The number of nitrogens with zero attached hydrogens (tertiary/aromatic N) is 3. The van der Waals surface area contributed by atoms with Gasteiger partial charge in [0.1, 0.15) is 0 Å². The van der Waals surface area contributed by atoms with Crippen LogP contribution >= 0.6 is 0 Å². The van der Waals surface area contributed by atoms with Crippen molar-refractivity contribution in [1.82, 2.24) is 19.1 Å². The third kappa shape index (κ3) is 3.81. The number of aromatic nitrogens is 1. The van der Waals surface area contributed by atoms with Gasteiger partial charge in [-0.05, 0) is 26.2 Å². The Balaban J connectivity index is 1.69. The van der Waals surface area contributed by atoms with Crippen molar-refractivity contribution in [2.75, 3.05) is 46.8 Å².